The first-order valence-corrected chi connectivity index (χ1v) is 13.6. The van der Waals surface area contributed by atoms with E-state index in [4.69, 9.17) is 0 Å². The average Bonchev–Trinajstić information content (AvgIpc) is 2.81. The van der Waals surface area contributed by atoms with Crippen LogP contribution in [-0.4, -0.2) is 52.4 Å². The number of amides is 1. The third kappa shape index (κ3) is 6.56. The molecule has 0 unspecified atom stereocenters. The van der Waals surface area contributed by atoms with Crippen molar-refractivity contribution in [3.8, 4) is 5.75 Å². The van der Waals surface area contributed by atoms with E-state index < -0.39 is 84.6 Å². The van der Waals surface area contributed by atoms with Crippen molar-refractivity contribution in [3.63, 3.8) is 0 Å². The van der Waals surface area contributed by atoms with E-state index in [0.29, 0.717) is 24.3 Å². The molecule has 3 rings (SSSR count). The number of benzene rings is 2. The summed E-state index contributed by atoms with van der Waals surface area (Å²) in [7, 11) is -10.2. The van der Waals surface area contributed by atoms with Crippen LogP contribution in [0.4, 0.5) is 45.2 Å². The summed E-state index contributed by atoms with van der Waals surface area (Å²) < 4.78 is 172. The van der Waals surface area contributed by atoms with Gasteiger partial charge in [0.2, 0.25) is 0 Å². The minimum Gasteiger partial charge on any atom is -0.376 e. The highest BCUT2D eigenvalue weighted by atomic mass is 32.2. The molecule has 1 aliphatic carbocycles. The molecule has 0 heterocycles. The summed E-state index contributed by atoms with van der Waals surface area (Å²) in [5, 5.41) is 0. The smallest absolute Gasteiger partial charge is 0.376 e. The summed E-state index contributed by atoms with van der Waals surface area (Å²) in [4.78, 5) is 11.3. The van der Waals surface area contributed by atoms with E-state index in [1.165, 1.54) is 0 Å². The minimum absolute atomic E-state index is 0.243. The molecule has 0 aromatic heterocycles. The summed E-state index contributed by atoms with van der Waals surface area (Å²) in [6.45, 7) is 0. The van der Waals surface area contributed by atoms with Gasteiger partial charge in [-0.25, -0.2) is 8.42 Å². The van der Waals surface area contributed by atoms with Gasteiger partial charge in [0.15, 0.2) is 0 Å². The molecule has 0 saturated heterocycles. The van der Waals surface area contributed by atoms with Crippen LogP contribution in [0.15, 0.2) is 41.3 Å². The van der Waals surface area contributed by atoms with Gasteiger partial charge in [-0.2, -0.15) is 47.9 Å². The normalized spacial score (nSPS) is 16.7. The van der Waals surface area contributed by atoms with Crippen molar-refractivity contribution < 1.29 is 65.3 Å². The number of hydrogen-bond donors (Lipinski definition) is 1. The molecular weight excluding hydrogens is 611 g/mol. The van der Waals surface area contributed by atoms with Crippen molar-refractivity contribution in [3.05, 3.63) is 53.1 Å². The first-order chi connectivity index (χ1) is 18.0. The van der Waals surface area contributed by atoms with E-state index in [2.05, 4.69) is 4.18 Å². The first kappa shape index (κ1) is 31.3. The molecule has 40 heavy (non-hydrogen) atoms. The van der Waals surface area contributed by atoms with Crippen LogP contribution in [0.25, 0.3) is 0 Å². The Hall–Kier alpha value is -3.22. The summed E-state index contributed by atoms with van der Waals surface area (Å²) in [5.74, 6) is -3.34. The number of nitrogens with one attached hydrogen (secondary N) is 1. The van der Waals surface area contributed by atoms with Crippen molar-refractivity contribution in [2.45, 2.75) is 48.1 Å². The number of hydrogen-bond acceptors (Lipinski definition) is 6. The van der Waals surface area contributed by atoms with Crippen molar-refractivity contribution in [2.75, 3.05) is 11.8 Å². The number of carbonyl (C=O) groups is 1. The van der Waals surface area contributed by atoms with E-state index >= 15 is 0 Å². The van der Waals surface area contributed by atoms with Gasteiger partial charge >= 0.3 is 33.9 Å². The van der Waals surface area contributed by atoms with Crippen molar-refractivity contribution in [1.82, 2.24) is 4.90 Å². The Kier molecular flexibility index (Phi) is 8.07. The summed E-state index contributed by atoms with van der Waals surface area (Å²) >= 11 is 0. The van der Waals surface area contributed by atoms with Crippen LogP contribution >= 0.6 is 0 Å². The maximum absolute atomic E-state index is 13.1. The Labute approximate surface area is 220 Å². The van der Waals surface area contributed by atoms with Crippen molar-refractivity contribution in [2.24, 2.45) is 0 Å². The summed E-state index contributed by atoms with van der Waals surface area (Å²) in [5.41, 5.74) is -8.19. The fourth-order valence-electron chi connectivity index (χ4n) is 3.93. The first-order valence-electron chi connectivity index (χ1n) is 10.7. The number of sulfonamides is 1. The maximum Gasteiger partial charge on any atom is 0.534 e. The molecule has 1 aliphatic rings. The SMILES string of the molecule is CN(C(=O)C(F)(F)F)[C@H]1CCc2c(S(=O)(=O)Nc3ccc(C(F)(F)F)cc3)ccc(OS(=O)(=O)C(F)(F)F)c2C1. The van der Waals surface area contributed by atoms with Crippen LogP contribution in [0.5, 0.6) is 5.75 Å². The molecule has 0 spiro atoms. The van der Waals surface area contributed by atoms with Crippen molar-refractivity contribution in [1.29, 1.82) is 0 Å². The van der Waals surface area contributed by atoms with Gasteiger partial charge in [0.25, 0.3) is 10.0 Å². The number of halogens is 9. The fourth-order valence-corrected chi connectivity index (χ4v) is 5.77. The molecule has 2 aromatic carbocycles. The number of nitrogens with zero attached hydrogens (tertiary/aromatic N) is 1. The lowest BCUT2D eigenvalue weighted by molar-refractivity contribution is -0.186. The van der Waals surface area contributed by atoms with Gasteiger partial charge in [-0.1, -0.05) is 0 Å². The average molecular weight is 628 g/mol. The van der Waals surface area contributed by atoms with Gasteiger partial charge in [-0.15, -0.1) is 0 Å². The zero-order valence-electron chi connectivity index (χ0n) is 19.8. The molecular formula is C21H17F9N2O6S2. The van der Waals surface area contributed by atoms with Crippen molar-refractivity contribution >= 4 is 31.7 Å². The lowest BCUT2D eigenvalue weighted by atomic mass is 9.87. The standard InChI is InChI=1S/C21H17F9N2O6S2/c1-32(18(33)20(25,26)27)13-6-7-14-15(10-13)16(38-40(36,37)21(28,29)30)8-9-17(14)39(34,35)31-12-4-2-11(3-5-12)19(22,23)24/h2-5,8-9,13,31H,6-7,10H2,1H3/t13-/m0/s1. The Bertz CT molecular complexity index is 1500. The molecule has 1 atom stereocenters. The largest absolute Gasteiger partial charge is 0.534 e. The highest BCUT2D eigenvalue weighted by molar-refractivity contribution is 7.92. The van der Waals surface area contributed by atoms with E-state index in [1.54, 1.807) is 0 Å². The number of likely N-dealkylation sites (N-methyl/N-ethyl adjacent to an activating group) is 1. The highest BCUT2D eigenvalue weighted by Gasteiger charge is 2.49. The van der Waals surface area contributed by atoms with Crippen LogP contribution in [0.3, 0.4) is 0 Å². The third-order valence-corrected chi connectivity index (χ3v) is 8.29. The van der Waals surface area contributed by atoms with Crippen LogP contribution in [-0.2, 0) is 44.0 Å². The predicted molar refractivity (Wildman–Crippen MR) is 119 cm³/mol. The maximum atomic E-state index is 13.1. The number of carbonyl (C=O) groups excluding carboxylic acids is 1. The minimum atomic E-state index is -6.29. The van der Waals surface area contributed by atoms with Gasteiger partial charge in [0.05, 0.1) is 10.5 Å². The zero-order valence-corrected chi connectivity index (χ0v) is 21.4. The summed E-state index contributed by atoms with van der Waals surface area (Å²) in [6, 6.07) is 2.59. The molecule has 0 aliphatic heterocycles. The lowest BCUT2D eigenvalue weighted by Gasteiger charge is -2.34. The Morgan fingerprint density at radius 1 is 0.900 bits per heavy atom. The Morgan fingerprint density at radius 3 is 1.98 bits per heavy atom. The highest BCUT2D eigenvalue weighted by Crippen LogP contribution is 2.39. The topological polar surface area (TPSA) is 110 Å². The van der Waals surface area contributed by atoms with Gasteiger partial charge in [0, 0.05) is 24.3 Å². The molecule has 1 N–H and O–H groups in total. The lowest BCUT2D eigenvalue weighted by Crippen LogP contribution is -2.47. The molecule has 8 nitrogen and oxygen atoms in total. The number of fused-ring (bicyclic) bond motifs is 1. The van der Waals surface area contributed by atoms with E-state index in [9.17, 15) is 61.1 Å². The number of anilines is 1. The molecule has 0 bridgehead atoms. The Balaban J connectivity index is 2.07. The van der Waals surface area contributed by atoms with E-state index in [1.807, 2.05) is 4.72 Å². The molecule has 19 heteroatoms. The van der Waals surface area contributed by atoms with E-state index in [-0.39, 0.29) is 22.6 Å². The molecule has 0 fully saturated rings. The number of rotatable bonds is 6. The predicted octanol–water partition coefficient (Wildman–Crippen LogP) is 4.61. The second kappa shape index (κ2) is 10.3. The number of alkyl halides is 9. The molecule has 2 aromatic rings. The summed E-state index contributed by atoms with van der Waals surface area (Å²) in [6.07, 6.45) is -11.5. The van der Waals surface area contributed by atoms with Gasteiger partial charge in [0.1, 0.15) is 5.75 Å². The van der Waals surface area contributed by atoms with Crippen LogP contribution in [0.2, 0.25) is 0 Å². The molecule has 222 valence electrons. The monoisotopic (exact) mass is 628 g/mol. The molecule has 0 radical (unpaired) electrons. The quantitative estimate of drug-likeness (QED) is 0.284. The second-order valence-electron chi connectivity index (χ2n) is 8.49. The molecule has 1 amide bonds. The van der Waals surface area contributed by atoms with E-state index in [0.717, 1.165) is 19.2 Å². The van der Waals surface area contributed by atoms with Crippen LogP contribution in [0.1, 0.15) is 23.1 Å². The molecule has 0 saturated carbocycles. The second-order valence-corrected chi connectivity index (χ2v) is 11.7. The van der Waals surface area contributed by atoms with Gasteiger partial charge in [-0.05, 0) is 61.2 Å². The van der Waals surface area contributed by atoms with Crippen LogP contribution < -0.4 is 8.91 Å². The van der Waals surface area contributed by atoms with Gasteiger partial charge in [-0.3, -0.25) is 9.52 Å². The fraction of sp³-hybridized carbons (Fsp3) is 0.381. The van der Waals surface area contributed by atoms with Gasteiger partial charge < -0.3 is 9.08 Å². The zero-order chi connectivity index (χ0) is 30.5. The van der Waals surface area contributed by atoms with Crippen LogP contribution in [0, 0.1) is 0 Å². The third-order valence-electron chi connectivity index (χ3n) is 5.86. The Morgan fingerprint density at radius 2 is 1.48 bits per heavy atom.